The molecule has 152 valence electrons. The van der Waals surface area contributed by atoms with Crippen LogP contribution in [0, 0.1) is 0 Å². The van der Waals surface area contributed by atoms with Crippen molar-refractivity contribution < 1.29 is 14.3 Å². The third kappa shape index (κ3) is 3.61. The Kier molecular flexibility index (Phi) is 5.31. The maximum Gasteiger partial charge on any atom is 0.255 e. The lowest BCUT2D eigenvalue weighted by atomic mass is 9.81. The highest BCUT2D eigenvalue weighted by atomic mass is 16.5. The van der Waals surface area contributed by atoms with Crippen molar-refractivity contribution in [1.29, 1.82) is 0 Å². The number of benzene rings is 2. The van der Waals surface area contributed by atoms with Gasteiger partial charge in [0.05, 0.1) is 7.11 Å². The van der Waals surface area contributed by atoms with Gasteiger partial charge in [-0.2, -0.15) is 0 Å². The smallest absolute Gasteiger partial charge is 0.255 e. The van der Waals surface area contributed by atoms with Crippen molar-refractivity contribution in [1.82, 2.24) is 10.2 Å². The van der Waals surface area contributed by atoms with Gasteiger partial charge < -0.3 is 15.0 Å². The standard InChI is InChI=1S/C24H28N2O3/c1-24(23(28)25-16-17-8-7-12-20(14-17)29-2)15-18-9-3-6-13-21(18)22(27)26(24)19-10-4-5-11-19/h3,6-9,12-14,19H,4-5,10-11,15-16H2,1-2H3,(H,25,28)/t24-/m1/s1. The minimum absolute atomic E-state index is 0.0159. The number of rotatable bonds is 5. The lowest BCUT2D eigenvalue weighted by molar-refractivity contribution is -0.133. The quantitative estimate of drug-likeness (QED) is 0.844. The van der Waals surface area contributed by atoms with E-state index in [1.807, 2.05) is 60.4 Å². The van der Waals surface area contributed by atoms with Gasteiger partial charge in [-0.1, -0.05) is 43.2 Å². The molecule has 1 aliphatic carbocycles. The van der Waals surface area contributed by atoms with E-state index in [4.69, 9.17) is 4.74 Å². The highest BCUT2D eigenvalue weighted by Crippen LogP contribution is 2.37. The van der Waals surface area contributed by atoms with Gasteiger partial charge in [0.15, 0.2) is 0 Å². The molecule has 2 aromatic carbocycles. The van der Waals surface area contributed by atoms with E-state index < -0.39 is 5.54 Å². The number of hydrogen-bond donors (Lipinski definition) is 1. The van der Waals surface area contributed by atoms with Crippen molar-refractivity contribution in [3.63, 3.8) is 0 Å². The van der Waals surface area contributed by atoms with Crippen LogP contribution in [-0.4, -0.2) is 35.4 Å². The minimum atomic E-state index is -0.890. The average molecular weight is 392 g/mol. The maximum absolute atomic E-state index is 13.4. The first-order valence-electron chi connectivity index (χ1n) is 10.4. The number of carbonyl (C=O) groups excluding carboxylic acids is 2. The molecule has 29 heavy (non-hydrogen) atoms. The molecule has 2 aromatic rings. The van der Waals surface area contributed by atoms with E-state index in [1.54, 1.807) is 7.11 Å². The molecular formula is C24H28N2O3. The van der Waals surface area contributed by atoms with Crippen LogP contribution in [0.2, 0.25) is 0 Å². The summed E-state index contributed by atoms with van der Waals surface area (Å²) in [5.74, 6) is 0.644. The number of hydrogen-bond acceptors (Lipinski definition) is 3. The van der Waals surface area contributed by atoms with Gasteiger partial charge in [0.25, 0.3) is 5.91 Å². The molecule has 0 unspecified atom stereocenters. The molecule has 0 aromatic heterocycles. The summed E-state index contributed by atoms with van der Waals surface area (Å²) in [6.07, 6.45) is 4.68. The van der Waals surface area contributed by atoms with Crippen molar-refractivity contribution in [3.8, 4) is 5.75 Å². The number of nitrogens with one attached hydrogen (secondary N) is 1. The van der Waals surface area contributed by atoms with Gasteiger partial charge in [-0.3, -0.25) is 9.59 Å². The summed E-state index contributed by atoms with van der Waals surface area (Å²) in [6, 6.07) is 15.5. The molecule has 1 heterocycles. The highest BCUT2D eigenvalue weighted by Gasteiger charge is 2.49. The number of nitrogens with zero attached hydrogens (tertiary/aromatic N) is 1. The third-order valence-corrected chi connectivity index (χ3v) is 6.30. The number of ether oxygens (including phenoxy) is 1. The summed E-state index contributed by atoms with van der Waals surface area (Å²) in [7, 11) is 1.63. The summed E-state index contributed by atoms with van der Waals surface area (Å²) in [4.78, 5) is 28.7. The van der Waals surface area contributed by atoms with Crippen LogP contribution in [0.5, 0.6) is 5.75 Å². The van der Waals surface area contributed by atoms with Crippen molar-refractivity contribution in [2.45, 2.75) is 57.2 Å². The lowest BCUT2D eigenvalue weighted by Crippen LogP contribution is -2.64. The van der Waals surface area contributed by atoms with Crippen molar-refractivity contribution in [2.24, 2.45) is 0 Å². The van der Waals surface area contributed by atoms with E-state index in [2.05, 4.69) is 5.32 Å². The Labute approximate surface area is 172 Å². The first-order valence-corrected chi connectivity index (χ1v) is 10.4. The first-order chi connectivity index (χ1) is 14.0. The van der Waals surface area contributed by atoms with Crippen molar-refractivity contribution >= 4 is 11.8 Å². The third-order valence-electron chi connectivity index (χ3n) is 6.30. The summed E-state index contributed by atoms with van der Waals surface area (Å²) >= 11 is 0. The Bertz CT molecular complexity index is 920. The minimum Gasteiger partial charge on any atom is -0.497 e. The topological polar surface area (TPSA) is 58.6 Å². The molecule has 5 nitrogen and oxygen atoms in total. The van der Waals surface area contributed by atoms with Crippen LogP contribution in [0.15, 0.2) is 48.5 Å². The molecular weight excluding hydrogens is 364 g/mol. The van der Waals surface area contributed by atoms with Crippen LogP contribution in [-0.2, 0) is 17.8 Å². The fourth-order valence-corrected chi connectivity index (χ4v) is 4.77. The van der Waals surface area contributed by atoms with E-state index in [0.29, 0.717) is 13.0 Å². The molecule has 5 heteroatoms. The Morgan fingerprint density at radius 1 is 1.17 bits per heavy atom. The average Bonchev–Trinajstić information content (AvgIpc) is 3.26. The van der Waals surface area contributed by atoms with Crippen LogP contribution >= 0.6 is 0 Å². The van der Waals surface area contributed by atoms with Gasteiger partial charge in [-0.15, -0.1) is 0 Å². The van der Waals surface area contributed by atoms with E-state index >= 15 is 0 Å². The second kappa shape index (κ2) is 7.90. The van der Waals surface area contributed by atoms with Crippen LogP contribution in [0.1, 0.15) is 54.1 Å². The molecule has 0 saturated heterocycles. The zero-order valence-corrected chi connectivity index (χ0v) is 17.1. The summed E-state index contributed by atoms with van der Waals surface area (Å²) in [5, 5.41) is 3.08. The molecule has 1 N–H and O–H groups in total. The van der Waals surface area contributed by atoms with E-state index in [1.165, 1.54) is 0 Å². The number of carbonyl (C=O) groups is 2. The fraction of sp³-hybridized carbons (Fsp3) is 0.417. The maximum atomic E-state index is 13.4. The molecule has 1 saturated carbocycles. The molecule has 4 rings (SSSR count). The van der Waals surface area contributed by atoms with Crippen LogP contribution in [0.3, 0.4) is 0 Å². The largest absolute Gasteiger partial charge is 0.497 e. The van der Waals surface area contributed by atoms with Crippen molar-refractivity contribution in [2.75, 3.05) is 7.11 Å². The molecule has 1 aliphatic heterocycles. The SMILES string of the molecule is COc1cccc(CNC(=O)[C@@]2(C)Cc3ccccc3C(=O)N2C2CCCC2)c1. The second-order valence-electron chi connectivity index (χ2n) is 8.26. The van der Waals surface area contributed by atoms with E-state index in [9.17, 15) is 9.59 Å². The Morgan fingerprint density at radius 3 is 2.69 bits per heavy atom. The van der Waals surface area contributed by atoms with E-state index in [-0.39, 0.29) is 17.9 Å². The number of methoxy groups -OCH3 is 1. The van der Waals surface area contributed by atoms with Gasteiger partial charge in [0.2, 0.25) is 5.91 Å². The van der Waals surface area contributed by atoms with Crippen LogP contribution in [0.4, 0.5) is 0 Å². The number of fused-ring (bicyclic) bond motifs is 1. The second-order valence-corrected chi connectivity index (χ2v) is 8.26. The Morgan fingerprint density at radius 2 is 1.93 bits per heavy atom. The molecule has 0 spiro atoms. The Balaban J connectivity index is 1.61. The van der Waals surface area contributed by atoms with Gasteiger partial charge in [0, 0.05) is 24.6 Å². The van der Waals surface area contributed by atoms with E-state index in [0.717, 1.165) is 48.1 Å². The molecule has 0 bridgehead atoms. The summed E-state index contributed by atoms with van der Waals surface area (Å²) in [5.41, 5.74) is 1.76. The van der Waals surface area contributed by atoms with Gasteiger partial charge in [-0.05, 0) is 49.1 Å². The molecule has 1 atom stereocenters. The molecule has 2 aliphatic rings. The zero-order valence-electron chi connectivity index (χ0n) is 17.1. The summed E-state index contributed by atoms with van der Waals surface area (Å²) < 4.78 is 5.27. The predicted octanol–water partition coefficient (Wildman–Crippen LogP) is 3.71. The van der Waals surface area contributed by atoms with Crippen LogP contribution < -0.4 is 10.1 Å². The summed E-state index contributed by atoms with van der Waals surface area (Å²) in [6.45, 7) is 2.32. The molecule has 2 amide bonds. The van der Waals surface area contributed by atoms with Crippen molar-refractivity contribution in [3.05, 3.63) is 65.2 Å². The van der Waals surface area contributed by atoms with Crippen LogP contribution in [0.25, 0.3) is 0 Å². The monoisotopic (exact) mass is 392 g/mol. The van der Waals surface area contributed by atoms with Gasteiger partial charge in [0.1, 0.15) is 11.3 Å². The lowest BCUT2D eigenvalue weighted by Gasteiger charge is -2.47. The molecule has 1 fully saturated rings. The number of amides is 2. The normalized spacial score (nSPS) is 21.7. The first kappa shape index (κ1) is 19.5. The Hall–Kier alpha value is -2.82. The zero-order chi connectivity index (χ0) is 20.4. The highest BCUT2D eigenvalue weighted by molar-refractivity contribution is 6.02. The predicted molar refractivity (Wildman–Crippen MR) is 112 cm³/mol. The van der Waals surface area contributed by atoms with Gasteiger partial charge in [-0.25, -0.2) is 0 Å². The van der Waals surface area contributed by atoms with Gasteiger partial charge >= 0.3 is 0 Å². The fourth-order valence-electron chi connectivity index (χ4n) is 4.77. The molecule has 0 radical (unpaired) electrons.